The Morgan fingerprint density at radius 2 is 2.07 bits per heavy atom. The van der Waals surface area contributed by atoms with Gasteiger partial charge in [-0.1, -0.05) is 18.1 Å². The van der Waals surface area contributed by atoms with Crippen LogP contribution < -0.4 is 10.6 Å². The van der Waals surface area contributed by atoms with E-state index in [1.165, 1.54) is 6.92 Å². The van der Waals surface area contributed by atoms with Gasteiger partial charge < -0.3 is 10.6 Å². The number of terminal acetylenes is 1. The third-order valence-electron chi connectivity index (χ3n) is 1.83. The van der Waals surface area contributed by atoms with Gasteiger partial charge in [-0.05, 0) is 17.7 Å². The lowest BCUT2D eigenvalue weighted by atomic mass is 10.2. The largest absolute Gasteiger partial charge is 0.326 e. The van der Waals surface area contributed by atoms with Crippen molar-refractivity contribution in [3.05, 3.63) is 29.8 Å². The first-order valence-corrected chi connectivity index (χ1v) is 4.73. The third kappa shape index (κ3) is 4.30. The fraction of sp³-hybridized carbons (Fsp3) is 0.250. The second-order valence-electron chi connectivity index (χ2n) is 3.19. The van der Waals surface area contributed by atoms with E-state index in [1.807, 2.05) is 24.3 Å². The summed E-state index contributed by atoms with van der Waals surface area (Å²) in [7, 11) is 0. The SMILES string of the molecule is C#CCNCc1ccc(NC(C)=O)cc1. The Kier molecular flexibility index (Phi) is 4.39. The summed E-state index contributed by atoms with van der Waals surface area (Å²) in [6, 6.07) is 7.64. The number of nitrogens with one attached hydrogen (secondary N) is 2. The molecule has 0 bridgehead atoms. The first-order chi connectivity index (χ1) is 7.22. The number of carbonyl (C=O) groups is 1. The van der Waals surface area contributed by atoms with Crippen LogP contribution in [-0.2, 0) is 11.3 Å². The lowest BCUT2D eigenvalue weighted by Gasteiger charge is -2.04. The number of benzene rings is 1. The molecule has 0 aliphatic carbocycles. The second-order valence-corrected chi connectivity index (χ2v) is 3.19. The minimum Gasteiger partial charge on any atom is -0.326 e. The maximum atomic E-state index is 10.8. The number of hydrogen-bond acceptors (Lipinski definition) is 2. The maximum Gasteiger partial charge on any atom is 0.221 e. The van der Waals surface area contributed by atoms with Crippen LogP contribution in [0, 0.1) is 12.3 Å². The van der Waals surface area contributed by atoms with E-state index in [4.69, 9.17) is 6.42 Å². The minimum absolute atomic E-state index is 0.0618. The molecule has 0 atom stereocenters. The zero-order valence-corrected chi connectivity index (χ0v) is 8.71. The van der Waals surface area contributed by atoms with Crippen molar-refractivity contribution in [3.63, 3.8) is 0 Å². The molecule has 0 spiro atoms. The van der Waals surface area contributed by atoms with Crippen LogP contribution in [0.5, 0.6) is 0 Å². The molecule has 0 saturated carbocycles. The van der Waals surface area contributed by atoms with Crippen molar-refractivity contribution in [3.8, 4) is 12.3 Å². The van der Waals surface area contributed by atoms with Crippen LogP contribution in [0.2, 0.25) is 0 Å². The zero-order valence-electron chi connectivity index (χ0n) is 8.71. The van der Waals surface area contributed by atoms with Gasteiger partial charge in [-0.15, -0.1) is 6.42 Å². The molecular weight excluding hydrogens is 188 g/mol. The van der Waals surface area contributed by atoms with E-state index in [-0.39, 0.29) is 5.91 Å². The van der Waals surface area contributed by atoms with Crippen molar-refractivity contribution in [1.29, 1.82) is 0 Å². The van der Waals surface area contributed by atoms with Crippen LogP contribution in [0.15, 0.2) is 24.3 Å². The molecule has 1 aromatic rings. The fourth-order valence-electron chi connectivity index (χ4n) is 1.19. The Hall–Kier alpha value is -1.79. The van der Waals surface area contributed by atoms with Gasteiger partial charge in [0.15, 0.2) is 0 Å². The second kappa shape index (κ2) is 5.84. The van der Waals surface area contributed by atoms with Gasteiger partial charge >= 0.3 is 0 Å². The summed E-state index contributed by atoms with van der Waals surface area (Å²) in [6.45, 7) is 2.79. The van der Waals surface area contributed by atoms with Crippen molar-refractivity contribution >= 4 is 11.6 Å². The predicted octanol–water partition coefficient (Wildman–Crippen LogP) is 1.37. The summed E-state index contributed by atoms with van der Waals surface area (Å²) in [5, 5.41) is 5.80. The van der Waals surface area contributed by atoms with E-state index < -0.39 is 0 Å². The van der Waals surface area contributed by atoms with Crippen LogP contribution >= 0.6 is 0 Å². The standard InChI is InChI=1S/C12H14N2O/c1-3-8-13-9-11-4-6-12(7-5-11)14-10(2)15/h1,4-7,13H,8-9H2,2H3,(H,14,15). The average molecular weight is 202 g/mol. The van der Waals surface area contributed by atoms with Gasteiger partial charge in [0.2, 0.25) is 5.91 Å². The molecule has 15 heavy (non-hydrogen) atoms. The first kappa shape index (κ1) is 11.3. The average Bonchev–Trinajstić information content (AvgIpc) is 2.20. The highest BCUT2D eigenvalue weighted by Gasteiger charge is 1.95. The number of rotatable bonds is 4. The van der Waals surface area contributed by atoms with E-state index in [0.29, 0.717) is 6.54 Å². The fourth-order valence-corrected chi connectivity index (χ4v) is 1.19. The highest BCUT2D eigenvalue weighted by molar-refractivity contribution is 5.88. The lowest BCUT2D eigenvalue weighted by Crippen LogP contribution is -2.13. The summed E-state index contributed by atoms with van der Waals surface area (Å²) >= 11 is 0. The van der Waals surface area contributed by atoms with Crippen LogP contribution in [0.25, 0.3) is 0 Å². The molecule has 0 unspecified atom stereocenters. The van der Waals surface area contributed by atoms with Crippen LogP contribution in [-0.4, -0.2) is 12.5 Å². The van der Waals surface area contributed by atoms with Crippen molar-refractivity contribution in [1.82, 2.24) is 5.32 Å². The van der Waals surface area contributed by atoms with Gasteiger partial charge in [0.05, 0.1) is 6.54 Å². The lowest BCUT2D eigenvalue weighted by molar-refractivity contribution is -0.114. The van der Waals surface area contributed by atoms with Crippen molar-refractivity contribution in [2.45, 2.75) is 13.5 Å². The number of carbonyl (C=O) groups excluding carboxylic acids is 1. The van der Waals surface area contributed by atoms with Gasteiger partial charge in [-0.2, -0.15) is 0 Å². The Morgan fingerprint density at radius 1 is 1.40 bits per heavy atom. The number of hydrogen-bond donors (Lipinski definition) is 2. The van der Waals surface area contributed by atoms with E-state index >= 15 is 0 Å². The third-order valence-corrected chi connectivity index (χ3v) is 1.83. The molecule has 0 fully saturated rings. The molecule has 3 nitrogen and oxygen atoms in total. The summed E-state index contributed by atoms with van der Waals surface area (Å²) in [6.07, 6.45) is 5.11. The van der Waals surface area contributed by atoms with Crippen molar-refractivity contribution in [2.24, 2.45) is 0 Å². The topological polar surface area (TPSA) is 41.1 Å². The molecule has 0 saturated heterocycles. The summed E-state index contributed by atoms with van der Waals surface area (Å²) in [5.41, 5.74) is 1.95. The minimum atomic E-state index is -0.0618. The van der Waals surface area contributed by atoms with Gasteiger partial charge in [-0.3, -0.25) is 4.79 Å². The van der Waals surface area contributed by atoms with Crippen LogP contribution in [0.1, 0.15) is 12.5 Å². The molecule has 0 aromatic heterocycles. The monoisotopic (exact) mass is 202 g/mol. The molecule has 0 radical (unpaired) electrons. The van der Waals surface area contributed by atoms with E-state index in [1.54, 1.807) is 0 Å². The molecule has 1 rings (SSSR count). The van der Waals surface area contributed by atoms with Crippen molar-refractivity contribution in [2.75, 3.05) is 11.9 Å². The highest BCUT2D eigenvalue weighted by Crippen LogP contribution is 2.08. The molecular formula is C12H14N2O. The van der Waals surface area contributed by atoms with Gasteiger partial charge in [0.1, 0.15) is 0 Å². The molecule has 2 N–H and O–H groups in total. The molecule has 1 aromatic carbocycles. The Morgan fingerprint density at radius 3 is 2.60 bits per heavy atom. The number of amides is 1. The molecule has 3 heteroatoms. The maximum absolute atomic E-state index is 10.8. The summed E-state index contributed by atoms with van der Waals surface area (Å²) in [5.74, 6) is 2.45. The smallest absolute Gasteiger partial charge is 0.221 e. The van der Waals surface area contributed by atoms with E-state index in [2.05, 4.69) is 16.6 Å². The van der Waals surface area contributed by atoms with Gasteiger partial charge in [-0.25, -0.2) is 0 Å². The van der Waals surface area contributed by atoms with E-state index in [0.717, 1.165) is 17.8 Å². The van der Waals surface area contributed by atoms with Gasteiger partial charge in [0, 0.05) is 19.2 Å². The molecule has 0 heterocycles. The zero-order chi connectivity index (χ0) is 11.1. The highest BCUT2D eigenvalue weighted by atomic mass is 16.1. The summed E-state index contributed by atoms with van der Waals surface area (Å²) < 4.78 is 0. The molecule has 0 aliphatic heterocycles. The summed E-state index contributed by atoms with van der Waals surface area (Å²) in [4.78, 5) is 10.8. The Balaban J connectivity index is 2.49. The Labute approximate surface area is 89.9 Å². The first-order valence-electron chi connectivity index (χ1n) is 4.73. The Bertz CT molecular complexity index is 362. The van der Waals surface area contributed by atoms with Gasteiger partial charge in [0.25, 0.3) is 0 Å². The predicted molar refractivity (Wildman–Crippen MR) is 61.3 cm³/mol. The normalized spacial score (nSPS) is 9.33. The van der Waals surface area contributed by atoms with E-state index in [9.17, 15) is 4.79 Å². The number of anilines is 1. The van der Waals surface area contributed by atoms with Crippen molar-refractivity contribution < 1.29 is 4.79 Å². The van der Waals surface area contributed by atoms with Crippen LogP contribution in [0.3, 0.4) is 0 Å². The van der Waals surface area contributed by atoms with Crippen LogP contribution in [0.4, 0.5) is 5.69 Å². The quantitative estimate of drug-likeness (QED) is 0.572. The molecule has 1 amide bonds. The molecule has 78 valence electrons. The molecule has 0 aliphatic rings.